The topological polar surface area (TPSA) is 17.1 Å². The lowest BCUT2D eigenvalue weighted by atomic mass is 9.76. The van der Waals surface area contributed by atoms with Gasteiger partial charge in [-0.15, -0.1) is 0 Å². The predicted octanol–water partition coefficient (Wildman–Crippen LogP) is 3.17. The van der Waals surface area contributed by atoms with Crippen LogP contribution < -0.4 is 0 Å². The molecule has 0 aromatic heterocycles. The van der Waals surface area contributed by atoms with Gasteiger partial charge in [0, 0.05) is 6.42 Å². The second kappa shape index (κ2) is 3.49. The van der Waals surface area contributed by atoms with Crippen molar-refractivity contribution in [2.45, 2.75) is 44.4 Å². The summed E-state index contributed by atoms with van der Waals surface area (Å²) in [7, 11) is 0. The van der Waals surface area contributed by atoms with E-state index in [0.29, 0.717) is 17.6 Å². The first kappa shape index (κ1) is 10.2. The fourth-order valence-electron chi connectivity index (χ4n) is 1.79. The number of alkyl halides is 1. The van der Waals surface area contributed by atoms with Gasteiger partial charge in [-0.2, -0.15) is 0 Å². The standard InChI is InChI=1S/C10H17BrO/c1-7(2)10(11)5-4-8(3)6-9(10)12/h7-8H,4-6H2,1-3H3/t8-,10+/m0/s1. The van der Waals surface area contributed by atoms with Crippen LogP contribution in [-0.4, -0.2) is 10.1 Å². The number of ketones is 1. The monoisotopic (exact) mass is 232 g/mol. The Labute approximate surface area is 83.0 Å². The van der Waals surface area contributed by atoms with Crippen molar-refractivity contribution in [1.29, 1.82) is 0 Å². The SMILES string of the molecule is CC(C)[C@]1(Br)CC[C@H](C)CC1=O. The third-order valence-electron chi connectivity index (χ3n) is 2.91. The number of halogens is 1. The van der Waals surface area contributed by atoms with Gasteiger partial charge < -0.3 is 0 Å². The average Bonchev–Trinajstić information content (AvgIpc) is 1.97. The molecule has 12 heavy (non-hydrogen) atoms. The number of hydrogen-bond donors (Lipinski definition) is 0. The van der Waals surface area contributed by atoms with Gasteiger partial charge in [-0.3, -0.25) is 4.79 Å². The molecule has 1 aliphatic carbocycles. The lowest BCUT2D eigenvalue weighted by Crippen LogP contribution is -2.41. The number of hydrogen-bond acceptors (Lipinski definition) is 1. The molecule has 0 unspecified atom stereocenters. The Kier molecular flexibility index (Phi) is 2.97. The minimum absolute atomic E-state index is 0.209. The number of carbonyl (C=O) groups is 1. The zero-order valence-corrected chi connectivity index (χ0v) is 9.65. The summed E-state index contributed by atoms with van der Waals surface area (Å²) in [6, 6.07) is 0. The maximum atomic E-state index is 11.7. The van der Waals surface area contributed by atoms with Crippen molar-refractivity contribution in [3.05, 3.63) is 0 Å². The highest BCUT2D eigenvalue weighted by Gasteiger charge is 2.41. The number of carbonyl (C=O) groups excluding carboxylic acids is 1. The molecular formula is C10H17BrO. The molecule has 0 saturated heterocycles. The zero-order chi connectivity index (χ0) is 9.35. The van der Waals surface area contributed by atoms with Crippen LogP contribution in [0.15, 0.2) is 0 Å². The first-order valence-electron chi connectivity index (χ1n) is 4.69. The molecule has 1 saturated carbocycles. The van der Waals surface area contributed by atoms with Gasteiger partial charge in [0.05, 0.1) is 4.32 Å². The van der Waals surface area contributed by atoms with Crippen molar-refractivity contribution in [2.75, 3.05) is 0 Å². The van der Waals surface area contributed by atoms with E-state index in [1.54, 1.807) is 0 Å². The van der Waals surface area contributed by atoms with Crippen LogP contribution in [-0.2, 0) is 4.79 Å². The summed E-state index contributed by atoms with van der Waals surface area (Å²) in [5.74, 6) is 1.40. The lowest BCUT2D eigenvalue weighted by Gasteiger charge is -2.36. The van der Waals surface area contributed by atoms with Crippen LogP contribution in [0.4, 0.5) is 0 Å². The molecule has 2 atom stereocenters. The Bertz CT molecular complexity index is 188. The fraction of sp³-hybridized carbons (Fsp3) is 0.900. The molecular weight excluding hydrogens is 216 g/mol. The third-order valence-corrected chi connectivity index (χ3v) is 4.67. The smallest absolute Gasteiger partial charge is 0.150 e. The second-order valence-electron chi connectivity index (χ2n) is 4.29. The normalized spacial score (nSPS) is 37.4. The van der Waals surface area contributed by atoms with Crippen molar-refractivity contribution in [2.24, 2.45) is 11.8 Å². The minimum Gasteiger partial charge on any atom is -0.298 e. The Balaban J connectivity index is 2.73. The maximum Gasteiger partial charge on any atom is 0.150 e. The van der Waals surface area contributed by atoms with Crippen molar-refractivity contribution < 1.29 is 4.79 Å². The summed E-state index contributed by atoms with van der Waals surface area (Å²) in [5, 5.41) is 0. The van der Waals surface area contributed by atoms with Crippen LogP contribution in [0.1, 0.15) is 40.0 Å². The van der Waals surface area contributed by atoms with Gasteiger partial charge in [0.15, 0.2) is 0 Å². The van der Waals surface area contributed by atoms with E-state index in [2.05, 4.69) is 36.7 Å². The van der Waals surface area contributed by atoms with E-state index in [1.165, 1.54) is 6.42 Å². The van der Waals surface area contributed by atoms with Crippen LogP contribution >= 0.6 is 15.9 Å². The van der Waals surface area contributed by atoms with E-state index in [0.717, 1.165) is 12.8 Å². The summed E-state index contributed by atoms with van der Waals surface area (Å²) < 4.78 is -0.209. The molecule has 0 aliphatic heterocycles. The molecule has 0 N–H and O–H groups in total. The second-order valence-corrected chi connectivity index (χ2v) is 5.70. The van der Waals surface area contributed by atoms with Gasteiger partial charge >= 0.3 is 0 Å². The Hall–Kier alpha value is 0.150. The fourth-order valence-corrected chi connectivity index (χ4v) is 2.19. The molecule has 0 aromatic carbocycles. The summed E-state index contributed by atoms with van der Waals surface area (Å²) in [4.78, 5) is 11.7. The molecule has 0 radical (unpaired) electrons. The molecule has 0 heterocycles. The van der Waals surface area contributed by atoms with Crippen LogP contribution in [0.3, 0.4) is 0 Å². The first-order chi connectivity index (χ1) is 5.47. The van der Waals surface area contributed by atoms with E-state index in [4.69, 9.17) is 0 Å². The molecule has 0 amide bonds. The summed E-state index contributed by atoms with van der Waals surface area (Å²) in [6.45, 7) is 6.38. The van der Waals surface area contributed by atoms with Crippen molar-refractivity contribution >= 4 is 21.7 Å². The van der Waals surface area contributed by atoms with E-state index in [9.17, 15) is 4.79 Å². The van der Waals surface area contributed by atoms with Crippen molar-refractivity contribution in [3.8, 4) is 0 Å². The summed E-state index contributed by atoms with van der Waals surface area (Å²) in [6.07, 6.45) is 2.93. The van der Waals surface area contributed by atoms with Crippen molar-refractivity contribution in [1.82, 2.24) is 0 Å². The molecule has 0 aromatic rings. The van der Waals surface area contributed by atoms with Gasteiger partial charge in [-0.25, -0.2) is 0 Å². The molecule has 0 spiro atoms. The van der Waals surface area contributed by atoms with E-state index >= 15 is 0 Å². The number of rotatable bonds is 1. The van der Waals surface area contributed by atoms with E-state index < -0.39 is 0 Å². The Morgan fingerprint density at radius 1 is 1.58 bits per heavy atom. The quantitative estimate of drug-likeness (QED) is 0.636. The number of Topliss-reactive ketones (excluding diaryl/α,β-unsaturated/α-hetero) is 1. The lowest BCUT2D eigenvalue weighted by molar-refractivity contribution is -0.124. The van der Waals surface area contributed by atoms with Gasteiger partial charge in [0.25, 0.3) is 0 Å². The molecule has 1 nitrogen and oxygen atoms in total. The largest absolute Gasteiger partial charge is 0.298 e. The van der Waals surface area contributed by atoms with Crippen LogP contribution in [0.25, 0.3) is 0 Å². The van der Waals surface area contributed by atoms with Gasteiger partial charge in [-0.1, -0.05) is 36.7 Å². The first-order valence-corrected chi connectivity index (χ1v) is 5.48. The third kappa shape index (κ3) is 1.73. The van der Waals surface area contributed by atoms with Crippen LogP contribution in [0.5, 0.6) is 0 Å². The molecule has 0 bridgehead atoms. The van der Waals surface area contributed by atoms with Crippen LogP contribution in [0.2, 0.25) is 0 Å². The molecule has 1 fully saturated rings. The highest BCUT2D eigenvalue weighted by atomic mass is 79.9. The summed E-state index contributed by atoms with van der Waals surface area (Å²) >= 11 is 3.60. The van der Waals surface area contributed by atoms with Gasteiger partial charge in [0.1, 0.15) is 5.78 Å². The van der Waals surface area contributed by atoms with E-state index in [-0.39, 0.29) is 4.32 Å². The summed E-state index contributed by atoms with van der Waals surface area (Å²) in [5.41, 5.74) is 0. The van der Waals surface area contributed by atoms with Gasteiger partial charge in [-0.05, 0) is 24.7 Å². The van der Waals surface area contributed by atoms with E-state index in [1.807, 2.05) is 0 Å². The minimum atomic E-state index is -0.209. The Morgan fingerprint density at radius 3 is 2.58 bits per heavy atom. The van der Waals surface area contributed by atoms with Gasteiger partial charge in [0.2, 0.25) is 0 Å². The highest BCUT2D eigenvalue weighted by molar-refractivity contribution is 9.10. The molecule has 70 valence electrons. The molecule has 1 aliphatic rings. The molecule has 2 heteroatoms. The molecule has 1 rings (SSSR count). The maximum absolute atomic E-state index is 11.7. The predicted molar refractivity (Wildman–Crippen MR) is 54.5 cm³/mol. The Morgan fingerprint density at radius 2 is 2.17 bits per heavy atom. The highest BCUT2D eigenvalue weighted by Crippen LogP contribution is 2.40. The average molecular weight is 233 g/mol. The van der Waals surface area contributed by atoms with Crippen molar-refractivity contribution in [3.63, 3.8) is 0 Å². The zero-order valence-electron chi connectivity index (χ0n) is 8.06. The van der Waals surface area contributed by atoms with Crippen LogP contribution in [0, 0.1) is 11.8 Å².